The average Bonchev–Trinajstić information content (AvgIpc) is 3.03. The van der Waals surface area contributed by atoms with E-state index in [0.29, 0.717) is 22.9 Å². The van der Waals surface area contributed by atoms with E-state index in [-0.39, 0.29) is 54.6 Å². The fourth-order valence-corrected chi connectivity index (χ4v) is 4.76. The molecule has 0 fully saturated rings. The average molecular weight is 606 g/mol. The Labute approximate surface area is 256 Å². The van der Waals surface area contributed by atoms with E-state index in [4.69, 9.17) is 14.2 Å². The van der Waals surface area contributed by atoms with Gasteiger partial charge in [0.15, 0.2) is 5.75 Å². The van der Waals surface area contributed by atoms with Gasteiger partial charge in [0.05, 0.1) is 44.7 Å². The van der Waals surface area contributed by atoms with Crippen LogP contribution in [0.25, 0.3) is 0 Å². The third kappa shape index (κ3) is 7.70. The molecule has 0 aliphatic carbocycles. The van der Waals surface area contributed by atoms with Crippen LogP contribution in [0.2, 0.25) is 0 Å². The normalized spacial score (nSPS) is 16.8. The molecule has 3 aromatic carbocycles. The second-order valence-corrected chi connectivity index (χ2v) is 10.7. The molecule has 0 aromatic heterocycles. The number of carbonyl (C=O) groups is 3. The molecular formula is C32H39N5O7. The lowest BCUT2D eigenvalue weighted by Crippen LogP contribution is -2.50. The summed E-state index contributed by atoms with van der Waals surface area (Å²) < 4.78 is 16.8. The zero-order valence-electron chi connectivity index (χ0n) is 25.5. The largest absolute Gasteiger partial charge is 0.497 e. The molecule has 234 valence electrons. The van der Waals surface area contributed by atoms with E-state index in [1.54, 1.807) is 99.8 Å². The minimum Gasteiger partial charge on any atom is -0.497 e. The van der Waals surface area contributed by atoms with Crippen molar-refractivity contribution in [2.75, 3.05) is 56.9 Å². The minimum atomic E-state index is -0.575. The lowest BCUT2D eigenvalue weighted by Gasteiger charge is -2.38. The van der Waals surface area contributed by atoms with Crippen molar-refractivity contribution < 1.29 is 33.7 Å². The number of carbonyl (C=O) groups excluding carboxylic acids is 3. The van der Waals surface area contributed by atoms with Gasteiger partial charge in [-0.25, -0.2) is 9.59 Å². The predicted octanol–water partition coefficient (Wildman–Crippen LogP) is 4.73. The molecule has 3 aromatic rings. The van der Waals surface area contributed by atoms with Crippen LogP contribution in [0.4, 0.5) is 26.7 Å². The van der Waals surface area contributed by atoms with Crippen LogP contribution in [-0.4, -0.2) is 86.0 Å². The van der Waals surface area contributed by atoms with Crippen molar-refractivity contribution >= 4 is 35.0 Å². The first-order chi connectivity index (χ1) is 21.1. The van der Waals surface area contributed by atoms with Crippen molar-refractivity contribution in [2.24, 2.45) is 5.92 Å². The number of rotatable bonds is 9. The smallest absolute Gasteiger partial charge is 0.323 e. The van der Waals surface area contributed by atoms with Crippen LogP contribution in [-0.2, 0) is 0 Å². The summed E-state index contributed by atoms with van der Waals surface area (Å²) in [5, 5.41) is 18.4. The number of amides is 5. The summed E-state index contributed by atoms with van der Waals surface area (Å²) in [5.41, 5.74) is 1.65. The second-order valence-electron chi connectivity index (χ2n) is 10.7. The SMILES string of the molecule is COc1ccc(NC(=O)Nc2cccc3c2O[C@@H](CN(C)C(=O)Nc2ccc(OC)cc2)[C@H](C)CN([C@H](C)CO)C3=O)cc1. The first kappa shape index (κ1) is 32.0. The van der Waals surface area contributed by atoms with Crippen molar-refractivity contribution in [2.45, 2.75) is 26.0 Å². The van der Waals surface area contributed by atoms with E-state index < -0.39 is 18.2 Å². The zero-order valence-corrected chi connectivity index (χ0v) is 25.5. The van der Waals surface area contributed by atoms with Crippen molar-refractivity contribution in [1.29, 1.82) is 0 Å². The van der Waals surface area contributed by atoms with Gasteiger partial charge in [0.2, 0.25) is 0 Å². The highest BCUT2D eigenvalue weighted by Crippen LogP contribution is 2.35. The van der Waals surface area contributed by atoms with Crippen LogP contribution in [0, 0.1) is 5.92 Å². The molecule has 1 aliphatic heterocycles. The summed E-state index contributed by atoms with van der Waals surface area (Å²) in [6.45, 7) is 3.91. The molecule has 4 N–H and O–H groups in total. The van der Waals surface area contributed by atoms with Gasteiger partial charge in [-0.2, -0.15) is 0 Å². The van der Waals surface area contributed by atoms with Gasteiger partial charge in [0.1, 0.15) is 17.6 Å². The van der Waals surface area contributed by atoms with E-state index >= 15 is 0 Å². The van der Waals surface area contributed by atoms with Crippen LogP contribution in [0.15, 0.2) is 66.7 Å². The number of benzene rings is 3. The number of nitrogens with one attached hydrogen (secondary N) is 3. The van der Waals surface area contributed by atoms with Crippen LogP contribution in [0.3, 0.4) is 0 Å². The first-order valence-electron chi connectivity index (χ1n) is 14.2. The van der Waals surface area contributed by atoms with Gasteiger partial charge in [-0.15, -0.1) is 0 Å². The number of urea groups is 2. The fraction of sp³-hybridized carbons (Fsp3) is 0.344. The highest BCUT2D eigenvalue weighted by Gasteiger charge is 2.35. The van der Waals surface area contributed by atoms with Gasteiger partial charge in [-0.3, -0.25) is 4.79 Å². The zero-order chi connectivity index (χ0) is 31.8. The Bertz CT molecular complexity index is 1450. The quantitative estimate of drug-likeness (QED) is 0.276. The summed E-state index contributed by atoms with van der Waals surface area (Å²) in [5.74, 6) is 0.912. The van der Waals surface area contributed by atoms with E-state index in [1.807, 2.05) is 6.92 Å². The lowest BCUT2D eigenvalue weighted by molar-refractivity contribution is 0.0373. The molecular weight excluding hydrogens is 566 g/mol. The van der Waals surface area contributed by atoms with Crippen molar-refractivity contribution in [3.63, 3.8) is 0 Å². The molecule has 0 unspecified atom stereocenters. The minimum absolute atomic E-state index is 0.171. The standard InChI is InChI=1S/C32H39N5O7/c1-20-17-37(21(2)19-38)30(39)26-7-6-8-27(35-31(40)33-22-9-13-24(42-4)14-10-22)29(26)44-28(20)18-36(3)32(41)34-23-11-15-25(43-5)16-12-23/h6-16,20-21,28,38H,17-19H2,1-5H3,(H,34,41)(H2,33,35,40)/t20-,21-,28+/m1/s1. The number of likely N-dealkylation sites (N-methyl/N-ethyl adjacent to an activating group) is 1. The maximum absolute atomic E-state index is 13.7. The van der Waals surface area contributed by atoms with Crippen molar-refractivity contribution in [3.8, 4) is 17.2 Å². The molecule has 0 spiro atoms. The number of aliphatic hydroxyl groups is 1. The monoisotopic (exact) mass is 605 g/mol. The summed E-state index contributed by atoms with van der Waals surface area (Å²) in [7, 11) is 4.78. The van der Waals surface area contributed by atoms with Crippen LogP contribution < -0.4 is 30.2 Å². The lowest BCUT2D eigenvalue weighted by atomic mass is 9.99. The van der Waals surface area contributed by atoms with Gasteiger partial charge >= 0.3 is 12.1 Å². The van der Waals surface area contributed by atoms with E-state index in [1.165, 1.54) is 4.90 Å². The maximum Gasteiger partial charge on any atom is 0.323 e. The van der Waals surface area contributed by atoms with Crippen molar-refractivity contribution in [3.05, 3.63) is 72.3 Å². The number of anilines is 3. The van der Waals surface area contributed by atoms with Gasteiger partial charge in [0.25, 0.3) is 5.91 Å². The van der Waals surface area contributed by atoms with Crippen LogP contribution in [0.5, 0.6) is 17.2 Å². The molecule has 12 nitrogen and oxygen atoms in total. The highest BCUT2D eigenvalue weighted by atomic mass is 16.5. The number of nitrogens with zero attached hydrogens (tertiary/aromatic N) is 2. The molecule has 44 heavy (non-hydrogen) atoms. The number of para-hydroxylation sites is 1. The topological polar surface area (TPSA) is 142 Å². The number of fused-ring (bicyclic) bond motifs is 1. The number of ether oxygens (including phenoxy) is 3. The Balaban J connectivity index is 1.59. The highest BCUT2D eigenvalue weighted by molar-refractivity contribution is 6.04. The summed E-state index contributed by atoms with van der Waals surface area (Å²) in [6, 6.07) is 17.4. The molecule has 0 saturated heterocycles. The molecule has 0 saturated carbocycles. The van der Waals surface area contributed by atoms with Crippen molar-refractivity contribution in [1.82, 2.24) is 9.80 Å². The summed E-state index contributed by atoms with van der Waals surface area (Å²) in [4.78, 5) is 42.9. The number of hydrogen-bond acceptors (Lipinski definition) is 7. The Morgan fingerprint density at radius 3 is 2.14 bits per heavy atom. The van der Waals surface area contributed by atoms with Crippen LogP contribution >= 0.6 is 0 Å². The van der Waals surface area contributed by atoms with Gasteiger partial charge in [0, 0.05) is 30.9 Å². The number of hydrogen-bond donors (Lipinski definition) is 4. The second kappa shape index (κ2) is 14.5. The molecule has 1 heterocycles. The maximum atomic E-state index is 13.7. The van der Waals surface area contributed by atoms with E-state index in [9.17, 15) is 19.5 Å². The molecule has 0 bridgehead atoms. The fourth-order valence-electron chi connectivity index (χ4n) is 4.76. The Morgan fingerprint density at radius 1 is 0.977 bits per heavy atom. The molecule has 12 heteroatoms. The Morgan fingerprint density at radius 2 is 1.57 bits per heavy atom. The van der Waals surface area contributed by atoms with Gasteiger partial charge in [-0.1, -0.05) is 13.0 Å². The predicted molar refractivity (Wildman–Crippen MR) is 168 cm³/mol. The Kier molecular flexibility index (Phi) is 10.5. The summed E-state index contributed by atoms with van der Waals surface area (Å²) >= 11 is 0. The number of methoxy groups -OCH3 is 2. The Hall–Kier alpha value is -4.97. The molecule has 5 amide bonds. The molecule has 1 aliphatic rings. The van der Waals surface area contributed by atoms with Gasteiger partial charge < -0.3 is 45.1 Å². The summed E-state index contributed by atoms with van der Waals surface area (Å²) in [6.07, 6.45) is -0.575. The van der Waals surface area contributed by atoms with E-state index in [2.05, 4.69) is 16.0 Å². The first-order valence-corrected chi connectivity index (χ1v) is 14.2. The van der Waals surface area contributed by atoms with Gasteiger partial charge in [-0.05, 0) is 67.6 Å². The number of aliphatic hydroxyl groups excluding tert-OH is 1. The molecule has 3 atom stereocenters. The molecule has 4 rings (SSSR count). The third-order valence-corrected chi connectivity index (χ3v) is 7.43. The van der Waals surface area contributed by atoms with Crippen LogP contribution in [0.1, 0.15) is 24.2 Å². The third-order valence-electron chi connectivity index (χ3n) is 7.43. The molecule has 0 radical (unpaired) electrons. The van der Waals surface area contributed by atoms with E-state index in [0.717, 1.165) is 0 Å².